The van der Waals surface area contributed by atoms with Gasteiger partial charge in [-0.15, -0.1) is 0 Å². The highest BCUT2D eigenvalue weighted by Gasteiger charge is 2.31. The first-order chi connectivity index (χ1) is 24.8. The molecule has 2 aliphatic rings. The molecule has 0 aliphatic heterocycles. The Kier molecular flexibility index (Phi) is 7.76. The fourth-order valence-electron chi connectivity index (χ4n) is 7.94. The Morgan fingerprint density at radius 1 is 0.340 bits per heavy atom. The summed E-state index contributed by atoms with van der Waals surface area (Å²) in [5.41, 5.74) is 12.8. The van der Waals surface area contributed by atoms with Gasteiger partial charge in [0.05, 0.1) is 0 Å². The lowest BCUT2D eigenvalue weighted by Crippen LogP contribution is -2.40. The first-order valence-corrected chi connectivity index (χ1v) is 17.5. The van der Waals surface area contributed by atoms with Gasteiger partial charge in [0.15, 0.2) is 0 Å². The monoisotopic (exact) mass is 636 g/mol. The summed E-state index contributed by atoms with van der Waals surface area (Å²) < 4.78 is 0. The van der Waals surface area contributed by atoms with E-state index < -0.39 is 0 Å². The lowest BCUT2D eigenvalue weighted by atomic mass is 9.70. The van der Waals surface area contributed by atoms with Crippen LogP contribution in [0.25, 0.3) is 56.3 Å². The molecule has 2 unspecified atom stereocenters. The zero-order valence-electron chi connectivity index (χ0n) is 27.8. The molecule has 0 bridgehead atoms. The minimum absolute atomic E-state index is 0.259. The Balaban J connectivity index is 1.09. The second-order valence-electron chi connectivity index (χ2n) is 13.2. The lowest BCUT2D eigenvalue weighted by molar-refractivity contribution is 0.686. The lowest BCUT2D eigenvalue weighted by Gasteiger charge is -2.33. The van der Waals surface area contributed by atoms with Crippen LogP contribution >= 0.6 is 0 Å². The van der Waals surface area contributed by atoms with Gasteiger partial charge in [0.25, 0.3) is 0 Å². The maximum Gasteiger partial charge on any atom is 0.0137 e. The molecule has 0 heterocycles. The highest BCUT2D eigenvalue weighted by Crippen LogP contribution is 2.40. The predicted molar refractivity (Wildman–Crippen MR) is 213 cm³/mol. The summed E-state index contributed by atoms with van der Waals surface area (Å²) in [6.45, 7) is 0. The SMILES string of the molecule is C1=CC2C(c3ccc(C=Cc4ccc(-c5ccccc5)c5ccccc45)cc3)=c3ccccc3=C(c3ccc(-c4ccccc4)cc3)C2C=C1. The van der Waals surface area contributed by atoms with Crippen LogP contribution in [0.4, 0.5) is 0 Å². The molecular formula is C50H36. The summed E-state index contributed by atoms with van der Waals surface area (Å²) in [6, 6.07) is 61.8. The first kappa shape index (κ1) is 29.9. The summed E-state index contributed by atoms with van der Waals surface area (Å²) in [4.78, 5) is 0. The molecule has 0 fully saturated rings. The minimum Gasteiger partial charge on any atom is -0.0760 e. The van der Waals surface area contributed by atoms with Crippen LogP contribution in [-0.4, -0.2) is 0 Å². The molecule has 7 aromatic rings. The van der Waals surface area contributed by atoms with Crippen molar-refractivity contribution in [1.29, 1.82) is 0 Å². The van der Waals surface area contributed by atoms with Crippen LogP contribution < -0.4 is 10.4 Å². The topological polar surface area (TPSA) is 0 Å². The van der Waals surface area contributed by atoms with E-state index in [2.05, 4.69) is 206 Å². The maximum atomic E-state index is 2.40. The Bertz CT molecular complexity index is 2550. The molecule has 50 heavy (non-hydrogen) atoms. The third kappa shape index (κ3) is 5.46. The average Bonchev–Trinajstić information content (AvgIpc) is 3.20. The van der Waals surface area contributed by atoms with E-state index in [0.29, 0.717) is 0 Å². The molecule has 0 heteroatoms. The van der Waals surface area contributed by atoms with Crippen molar-refractivity contribution in [3.05, 3.63) is 227 Å². The van der Waals surface area contributed by atoms with Crippen LogP contribution in [-0.2, 0) is 0 Å². The van der Waals surface area contributed by atoms with Crippen molar-refractivity contribution in [3.8, 4) is 22.3 Å². The third-order valence-corrected chi connectivity index (χ3v) is 10.3. The molecule has 0 aromatic heterocycles. The van der Waals surface area contributed by atoms with E-state index in [1.807, 2.05) is 0 Å². The minimum atomic E-state index is 0.259. The largest absolute Gasteiger partial charge is 0.0760 e. The summed E-state index contributed by atoms with van der Waals surface area (Å²) in [7, 11) is 0. The molecule has 0 saturated carbocycles. The predicted octanol–water partition coefficient (Wildman–Crippen LogP) is 11.1. The summed E-state index contributed by atoms with van der Waals surface area (Å²) in [5, 5.41) is 5.19. The Hall–Kier alpha value is -6.24. The van der Waals surface area contributed by atoms with Gasteiger partial charge in [-0.25, -0.2) is 0 Å². The van der Waals surface area contributed by atoms with Crippen LogP contribution in [0, 0.1) is 11.8 Å². The van der Waals surface area contributed by atoms with Crippen molar-refractivity contribution < 1.29 is 0 Å². The van der Waals surface area contributed by atoms with Crippen molar-refractivity contribution in [1.82, 2.24) is 0 Å². The second-order valence-corrected chi connectivity index (χ2v) is 13.2. The van der Waals surface area contributed by atoms with Crippen molar-refractivity contribution >= 4 is 34.1 Å². The number of fused-ring (bicyclic) bond motifs is 3. The van der Waals surface area contributed by atoms with Crippen molar-refractivity contribution in [2.75, 3.05) is 0 Å². The van der Waals surface area contributed by atoms with Gasteiger partial charge < -0.3 is 0 Å². The normalized spacial score (nSPS) is 16.5. The fraction of sp³-hybridized carbons (Fsp3) is 0.0400. The van der Waals surface area contributed by atoms with Crippen molar-refractivity contribution in [2.45, 2.75) is 0 Å². The molecule has 9 rings (SSSR count). The van der Waals surface area contributed by atoms with Crippen molar-refractivity contribution in [2.24, 2.45) is 11.8 Å². The molecule has 0 amide bonds. The van der Waals surface area contributed by atoms with E-state index in [9.17, 15) is 0 Å². The first-order valence-electron chi connectivity index (χ1n) is 17.5. The molecular weight excluding hydrogens is 601 g/mol. The number of rotatable bonds is 6. The van der Waals surface area contributed by atoms with Gasteiger partial charge in [0.2, 0.25) is 0 Å². The van der Waals surface area contributed by atoms with Gasteiger partial charge in [0.1, 0.15) is 0 Å². The van der Waals surface area contributed by atoms with Gasteiger partial charge in [-0.1, -0.05) is 206 Å². The molecule has 0 nitrogen and oxygen atoms in total. The molecule has 236 valence electrons. The van der Waals surface area contributed by atoms with E-state index in [1.165, 1.54) is 76.9 Å². The van der Waals surface area contributed by atoms with Gasteiger partial charge in [-0.3, -0.25) is 0 Å². The summed E-state index contributed by atoms with van der Waals surface area (Å²) >= 11 is 0. The summed E-state index contributed by atoms with van der Waals surface area (Å²) in [5.74, 6) is 0.522. The smallest absolute Gasteiger partial charge is 0.0137 e. The van der Waals surface area contributed by atoms with Crippen LogP contribution in [0.1, 0.15) is 22.3 Å². The summed E-state index contributed by atoms with van der Waals surface area (Å²) in [6.07, 6.45) is 13.7. The Labute approximate surface area is 294 Å². The third-order valence-electron chi connectivity index (χ3n) is 10.3. The molecule has 0 saturated heterocycles. The number of hydrogen-bond donors (Lipinski definition) is 0. The average molecular weight is 637 g/mol. The zero-order chi connectivity index (χ0) is 33.3. The van der Waals surface area contributed by atoms with Crippen molar-refractivity contribution in [3.63, 3.8) is 0 Å². The Morgan fingerprint density at radius 2 is 0.820 bits per heavy atom. The Morgan fingerprint density at radius 3 is 1.44 bits per heavy atom. The van der Waals surface area contributed by atoms with E-state index in [4.69, 9.17) is 0 Å². The van der Waals surface area contributed by atoms with Gasteiger partial charge in [0, 0.05) is 11.8 Å². The van der Waals surface area contributed by atoms with Crippen LogP contribution in [0.3, 0.4) is 0 Å². The molecule has 2 aliphatic carbocycles. The van der Waals surface area contributed by atoms with E-state index in [1.54, 1.807) is 0 Å². The zero-order valence-corrected chi connectivity index (χ0v) is 27.8. The van der Waals surface area contributed by atoms with Crippen LogP contribution in [0.15, 0.2) is 194 Å². The molecule has 0 N–H and O–H groups in total. The van der Waals surface area contributed by atoms with E-state index in [-0.39, 0.29) is 11.8 Å². The molecule has 2 atom stereocenters. The van der Waals surface area contributed by atoms with Gasteiger partial charge in [-0.2, -0.15) is 0 Å². The molecule has 0 spiro atoms. The van der Waals surface area contributed by atoms with Gasteiger partial charge in [-0.05, 0) is 76.9 Å². The van der Waals surface area contributed by atoms with E-state index >= 15 is 0 Å². The fourth-order valence-corrected chi connectivity index (χ4v) is 7.94. The van der Waals surface area contributed by atoms with Crippen LogP contribution in [0.5, 0.6) is 0 Å². The highest BCUT2D eigenvalue weighted by atomic mass is 14.3. The molecule has 0 radical (unpaired) electrons. The second kappa shape index (κ2) is 13.0. The quantitative estimate of drug-likeness (QED) is 0.159. The number of hydrogen-bond acceptors (Lipinski definition) is 0. The van der Waals surface area contributed by atoms with Gasteiger partial charge >= 0.3 is 0 Å². The molecule has 7 aromatic carbocycles. The highest BCUT2D eigenvalue weighted by molar-refractivity contribution is 6.02. The maximum absolute atomic E-state index is 2.40. The standard InChI is InChI=1S/C50H36/c1-3-13-36(14-4-1)37-29-31-41(32-30-37)50-47-21-11-9-19-45(47)49(46-20-10-12-22-48(46)50)40-27-24-35(25-28-40)23-26-39-33-34-43(38-15-5-2-6-16-38)44-18-8-7-17-42(39)44/h1-34,45,47H. The van der Waals surface area contributed by atoms with Crippen LogP contribution in [0.2, 0.25) is 0 Å². The number of benzene rings is 7. The van der Waals surface area contributed by atoms with E-state index in [0.717, 1.165) is 0 Å². The number of allylic oxidation sites excluding steroid dienone is 4.